The molecule has 0 aliphatic heterocycles. The summed E-state index contributed by atoms with van der Waals surface area (Å²) in [5, 5.41) is 9.95. The molecule has 152 valence electrons. The first-order chi connectivity index (χ1) is 13.7. The van der Waals surface area contributed by atoms with Crippen molar-refractivity contribution >= 4 is 23.5 Å². The topological polar surface area (TPSA) is 61.3 Å². The van der Waals surface area contributed by atoms with E-state index in [9.17, 15) is 4.39 Å². The summed E-state index contributed by atoms with van der Waals surface area (Å²) in [5.41, 5.74) is 2.07. The van der Waals surface area contributed by atoms with Crippen LogP contribution in [0.4, 0.5) is 10.2 Å². The van der Waals surface area contributed by atoms with Crippen molar-refractivity contribution in [1.82, 2.24) is 15.6 Å². The molecule has 0 aliphatic carbocycles. The molecule has 0 aliphatic rings. The Morgan fingerprint density at radius 1 is 1.11 bits per heavy atom. The van der Waals surface area contributed by atoms with Crippen LogP contribution < -0.4 is 16.0 Å². The molecule has 0 radical (unpaired) electrons. The number of halogens is 1. The Kier molecular flexibility index (Phi) is 10.2. The van der Waals surface area contributed by atoms with Gasteiger partial charge in [0.25, 0.3) is 0 Å². The zero-order valence-corrected chi connectivity index (χ0v) is 17.5. The summed E-state index contributed by atoms with van der Waals surface area (Å²) < 4.78 is 13.5. The second-order valence-corrected chi connectivity index (χ2v) is 7.18. The Morgan fingerprint density at radius 3 is 2.71 bits per heavy atom. The fourth-order valence-electron chi connectivity index (χ4n) is 2.69. The average molecular weight is 404 g/mol. The molecule has 0 fully saturated rings. The molecule has 0 saturated heterocycles. The number of nitrogens with one attached hydrogen (secondary N) is 3. The number of aromatic nitrogens is 1. The van der Waals surface area contributed by atoms with E-state index in [-0.39, 0.29) is 5.82 Å². The van der Waals surface area contributed by atoms with Crippen LogP contribution in [0.25, 0.3) is 0 Å². The van der Waals surface area contributed by atoms with E-state index in [0.29, 0.717) is 6.54 Å². The lowest BCUT2D eigenvalue weighted by Crippen LogP contribution is -2.37. The Labute approximate surface area is 171 Å². The molecule has 0 amide bonds. The summed E-state index contributed by atoms with van der Waals surface area (Å²) in [6.07, 6.45) is 5.87. The number of nitrogens with zero attached hydrogens (tertiary/aromatic N) is 2. The first kappa shape index (κ1) is 22.0. The highest BCUT2D eigenvalue weighted by atomic mass is 32.2. The zero-order chi connectivity index (χ0) is 20.0. The van der Waals surface area contributed by atoms with Crippen molar-refractivity contribution in [3.8, 4) is 0 Å². The van der Waals surface area contributed by atoms with Crippen LogP contribution in [0.2, 0.25) is 0 Å². The Balaban J connectivity index is 1.77. The molecule has 0 bridgehead atoms. The number of aliphatic imine (C=N–C) groups is 1. The number of guanidine groups is 1. The molecule has 2 aromatic rings. The summed E-state index contributed by atoms with van der Waals surface area (Å²) in [5.74, 6) is 2.29. The van der Waals surface area contributed by atoms with Crippen molar-refractivity contribution in [3.63, 3.8) is 0 Å². The summed E-state index contributed by atoms with van der Waals surface area (Å²) in [4.78, 5) is 8.91. The predicted molar refractivity (Wildman–Crippen MR) is 118 cm³/mol. The van der Waals surface area contributed by atoms with Crippen LogP contribution in [-0.4, -0.2) is 36.8 Å². The van der Waals surface area contributed by atoms with E-state index in [4.69, 9.17) is 0 Å². The van der Waals surface area contributed by atoms with Gasteiger partial charge < -0.3 is 16.0 Å². The van der Waals surface area contributed by atoms with E-state index < -0.39 is 0 Å². The smallest absolute Gasteiger partial charge is 0.191 e. The third-order valence-electron chi connectivity index (χ3n) is 4.09. The summed E-state index contributed by atoms with van der Waals surface area (Å²) >= 11 is 1.69. The van der Waals surface area contributed by atoms with Gasteiger partial charge in [0.15, 0.2) is 5.96 Å². The van der Waals surface area contributed by atoms with Gasteiger partial charge in [0.2, 0.25) is 0 Å². The van der Waals surface area contributed by atoms with Gasteiger partial charge in [0.05, 0.1) is 6.54 Å². The molecule has 0 saturated carbocycles. The van der Waals surface area contributed by atoms with Crippen LogP contribution in [0, 0.1) is 5.82 Å². The second kappa shape index (κ2) is 13.0. The van der Waals surface area contributed by atoms with Gasteiger partial charge >= 0.3 is 0 Å². The molecule has 2 rings (SSSR count). The van der Waals surface area contributed by atoms with Gasteiger partial charge in [-0.05, 0) is 61.4 Å². The van der Waals surface area contributed by atoms with E-state index in [2.05, 4.69) is 25.9 Å². The third kappa shape index (κ3) is 8.17. The van der Waals surface area contributed by atoms with Crippen molar-refractivity contribution in [1.29, 1.82) is 0 Å². The van der Waals surface area contributed by atoms with Crippen molar-refractivity contribution in [2.75, 3.05) is 31.2 Å². The SMILES string of the molecule is CCNC(=NCc1ccc(F)cc1CSC)NCCCCNc1ccccn1. The largest absolute Gasteiger partial charge is 0.370 e. The van der Waals surface area contributed by atoms with Gasteiger partial charge in [-0.25, -0.2) is 14.4 Å². The number of thioether (sulfide) groups is 1. The maximum atomic E-state index is 13.5. The highest BCUT2D eigenvalue weighted by molar-refractivity contribution is 7.97. The third-order valence-corrected chi connectivity index (χ3v) is 4.69. The normalized spacial score (nSPS) is 11.3. The molecule has 0 unspecified atom stereocenters. The van der Waals surface area contributed by atoms with Gasteiger partial charge in [-0.3, -0.25) is 0 Å². The fourth-order valence-corrected chi connectivity index (χ4v) is 3.26. The summed E-state index contributed by atoms with van der Waals surface area (Å²) in [6, 6.07) is 10.8. The standard InChI is InChI=1S/C21H30FN5S/c1-3-23-21(26-13-7-6-12-25-20-8-4-5-11-24-20)27-15-17-9-10-19(22)14-18(17)16-28-2/h4-5,8-11,14H,3,6-7,12-13,15-16H2,1-2H3,(H,24,25)(H2,23,26,27). The highest BCUT2D eigenvalue weighted by Crippen LogP contribution is 2.17. The van der Waals surface area contributed by atoms with Crippen molar-refractivity contribution in [3.05, 3.63) is 59.5 Å². The lowest BCUT2D eigenvalue weighted by atomic mass is 10.1. The summed E-state index contributed by atoms with van der Waals surface area (Å²) in [7, 11) is 0. The fraction of sp³-hybridized carbons (Fsp3) is 0.429. The van der Waals surface area contributed by atoms with Crippen LogP contribution in [0.1, 0.15) is 30.9 Å². The molecular weight excluding hydrogens is 373 g/mol. The Morgan fingerprint density at radius 2 is 1.96 bits per heavy atom. The number of anilines is 1. The molecule has 7 heteroatoms. The maximum absolute atomic E-state index is 13.5. The minimum absolute atomic E-state index is 0.193. The van der Waals surface area contributed by atoms with Gasteiger partial charge in [-0.1, -0.05) is 12.1 Å². The number of hydrogen-bond acceptors (Lipinski definition) is 4. The van der Waals surface area contributed by atoms with Crippen LogP contribution >= 0.6 is 11.8 Å². The van der Waals surface area contributed by atoms with E-state index in [1.807, 2.05) is 37.4 Å². The molecular formula is C21H30FN5S. The van der Waals surface area contributed by atoms with Crippen LogP contribution in [0.15, 0.2) is 47.6 Å². The van der Waals surface area contributed by atoms with Crippen molar-refractivity contribution in [2.45, 2.75) is 32.1 Å². The maximum Gasteiger partial charge on any atom is 0.191 e. The van der Waals surface area contributed by atoms with Gasteiger partial charge in [0, 0.05) is 31.6 Å². The van der Waals surface area contributed by atoms with E-state index in [0.717, 1.165) is 61.1 Å². The molecule has 1 heterocycles. The lowest BCUT2D eigenvalue weighted by molar-refractivity contribution is 0.625. The molecule has 5 nitrogen and oxygen atoms in total. The molecule has 0 atom stereocenters. The molecule has 1 aromatic heterocycles. The first-order valence-electron chi connectivity index (χ1n) is 9.66. The van der Waals surface area contributed by atoms with Crippen LogP contribution in [-0.2, 0) is 12.3 Å². The summed E-state index contributed by atoms with van der Waals surface area (Å²) in [6.45, 7) is 5.11. The molecule has 28 heavy (non-hydrogen) atoms. The quantitative estimate of drug-likeness (QED) is 0.300. The predicted octanol–water partition coefficient (Wildman–Crippen LogP) is 4.03. The Hall–Kier alpha value is -2.28. The van der Waals surface area contributed by atoms with Gasteiger partial charge in [0.1, 0.15) is 11.6 Å². The zero-order valence-electron chi connectivity index (χ0n) is 16.7. The average Bonchev–Trinajstić information content (AvgIpc) is 2.70. The van der Waals surface area contributed by atoms with Crippen LogP contribution in [0.5, 0.6) is 0 Å². The molecule has 1 aromatic carbocycles. The number of hydrogen-bond donors (Lipinski definition) is 3. The minimum Gasteiger partial charge on any atom is -0.370 e. The first-order valence-corrected chi connectivity index (χ1v) is 11.1. The minimum atomic E-state index is -0.193. The Bertz CT molecular complexity index is 724. The van der Waals surface area contributed by atoms with E-state index in [1.54, 1.807) is 24.0 Å². The van der Waals surface area contributed by atoms with Crippen molar-refractivity contribution < 1.29 is 4.39 Å². The molecule has 3 N–H and O–H groups in total. The van der Waals surface area contributed by atoms with E-state index >= 15 is 0 Å². The monoisotopic (exact) mass is 403 g/mol. The van der Waals surface area contributed by atoms with Crippen LogP contribution in [0.3, 0.4) is 0 Å². The van der Waals surface area contributed by atoms with Gasteiger partial charge in [-0.2, -0.15) is 11.8 Å². The highest BCUT2D eigenvalue weighted by Gasteiger charge is 2.05. The van der Waals surface area contributed by atoms with E-state index in [1.165, 1.54) is 6.07 Å². The van der Waals surface area contributed by atoms with Crippen molar-refractivity contribution in [2.24, 2.45) is 4.99 Å². The number of rotatable bonds is 11. The number of unbranched alkanes of at least 4 members (excludes halogenated alkanes) is 1. The second-order valence-electron chi connectivity index (χ2n) is 6.32. The number of pyridine rings is 1. The number of benzene rings is 1. The van der Waals surface area contributed by atoms with Gasteiger partial charge in [-0.15, -0.1) is 0 Å². The lowest BCUT2D eigenvalue weighted by Gasteiger charge is -2.12. The molecule has 0 spiro atoms.